The molecule has 1 aliphatic rings. The third-order valence-corrected chi connectivity index (χ3v) is 6.38. The van der Waals surface area contributed by atoms with E-state index < -0.39 is 0 Å². The van der Waals surface area contributed by atoms with Gasteiger partial charge in [-0.15, -0.1) is 0 Å². The topological polar surface area (TPSA) is 125 Å². The summed E-state index contributed by atoms with van der Waals surface area (Å²) in [5.74, 6) is 1.52. The van der Waals surface area contributed by atoms with Gasteiger partial charge in [0.25, 0.3) is 5.91 Å². The summed E-state index contributed by atoms with van der Waals surface area (Å²) in [5, 5.41) is 14.1. The third kappa shape index (κ3) is 5.37. The Morgan fingerprint density at radius 1 is 1.14 bits per heavy atom. The molecule has 4 aromatic rings. The lowest BCUT2D eigenvalue weighted by Crippen LogP contribution is -2.44. The number of carbonyl (C=O) groups excluding carboxylic acids is 2. The Kier molecular flexibility index (Phi) is 6.98. The van der Waals surface area contributed by atoms with Crippen LogP contribution in [-0.4, -0.2) is 56.6 Å². The Bertz CT molecular complexity index is 1420. The number of aromatic nitrogens is 4. The van der Waals surface area contributed by atoms with Crippen molar-refractivity contribution in [2.75, 3.05) is 25.0 Å². The standard InChI is InChI=1S/C27H29N7O3/c1-3-28-27(36)34-14-4-5-19(16-34)24-23-21(11-13-30-25(23)33-32-24)37-20-8-6-18(7-9-20)26(35)31-22-15-17(2)10-12-29-22/h6-13,15,19H,3-5,14,16H2,1-2H3,(H,28,36)(H,29,31,35)(H,30,32,33). The number of hydrogen-bond acceptors (Lipinski definition) is 6. The summed E-state index contributed by atoms with van der Waals surface area (Å²) in [5.41, 5.74) is 2.98. The van der Waals surface area contributed by atoms with Crippen LogP contribution in [0.3, 0.4) is 0 Å². The van der Waals surface area contributed by atoms with E-state index in [0.29, 0.717) is 41.6 Å². The highest BCUT2D eigenvalue weighted by Gasteiger charge is 2.29. The number of carbonyl (C=O) groups is 2. The molecule has 5 rings (SSSR count). The maximum atomic E-state index is 12.6. The smallest absolute Gasteiger partial charge is 0.317 e. The molecule has 0 radical (unpaired) electrons. The number of fused-ring (bicyclic) bond motifs is 1. The second-order valence-electron chi connectivity index (χ2n) is 9.06. The Morgan fingerprint density at radius 3 is 2.73 bits per heavy atom. The number of likely N-dealkylation sites (tertiary alicyclic amines) is 1. The monoisotopic (exact) mass is 499 g/mol. The average Bonchev–Trinajstić information content (AvgIpc) is 3.35. The lowest BCUT2D eigenvalue weighted by Gasteiger charge is -2.32. The highest BCUT2D eigenvalue weighted by Crippen LogP contribution is 2.36. The predicted molar refractivity (Wildman–Crippen MR) is 140 cm³/mol. The van der Waals surface area contributed by atoms with Crippen LogP contribution in [-0.2, 0) is 0 Å². The fraction of sp³-hybridized carbons (Fsp3) is 0.296. The number of aryl methyl sites for hydroxylation is 1. The summed E-state index contributed by atoms with van der Waals surface area (Å²) >= 11 is 0. The second-order valence-corrected chi connectivity index (χ2v) is 9.06. The van der Waals surface area contributed by atoms with Gasteiger partial charge >= 0.3 is 6.03 Å². The molecule has 10 nitrogen and oxygen atoms in total. The number of urea groups is 1. The van der Waals surface area contributed by atoms with E-state index in [-0.39, 0.29) is 17.9 Å². The van der Waals surface area contributed by atoms with Gasteiger partial charge in [0.2, 0.25) is 0 Å². The van der Waals surface area contributed by atoms with Gasteiger partial charge in [-0.05, 0) is 74.7 Å². The van der Waals surface area contributed by atoms with Crippen LogP contribution in [0.15, 0.2) is 54.9 Å². The van der Waals surface area contributed by atoms with Gasteiger partial charge in [0.15, 0.2) is 5.65 Å². The van der Waals surface area contributed by atoms with Crippen LogP contribution in [0.25, 0.3) is 11.0 Å². The third-order valence-electron chi connectivity index (χ3n) is 6.38. The molecule has 3 aromatic heterocycles. The number of anilines is 1. The average molecular weight is 500 g/mol. The SMILES string of the molecule is CCNC(=O)N1CCCC(c2n[nH]c3nccc(Oc4ccc(C(=O)Nc5cc(C)ccn5)cc4)c23)C1. The van der Waals surface area contributed by atoms with Crippen LogP contribution >= 0.6 is 0 Å². The molecule has 0 aliphatic carbocycles. The van der Waals surface area contributed by atoms with Gasteiger partial charge in [0.1, 0.15) is 17.3 Å². The van der Waals surface area contributed by atoms with Crippen LogP contribution in [0.4, 0.5) is 10.6 Å². The number of benzene rings is 1. The highest BCUT2D eigenvalue weighted by molar-refractivity contribution is 6.03. The van der Waals surface area contributed by atoms with E-state index in [1.165, 1.54) is 0 Å². The zero-order valence-electron chi connectivity index (χ0n) is 20.8. The lowest BCUT2D eigenvalue weighted by atomic mass is 9.93. The summed E-state index contributed by atoms with van der Waals surface area (Å²) in [6.45, 7) is 5.76. The molecule has 0 bridgehead atoms. The van der Waals surface area contributed by atoms with Crippen molar-refractivity contribution in [2.24, 2.45) is 0 Å². The zero-order valence-corrected chi connectivity index (χ0v) is 20.8. The first-order valence-corrected chi connectivity index (χ1v) is 12.4. The van der Waals surface area contributed by atoms with Gasteiger partial charge in [-0.2, -0.15) is 5.10 Å². The van der Waals surface area contributed by atoms with Crippen molar-refractivity contribution in [3.05, 3.63) is 71.7 Å². The largest absolute Gasteiger partial charge is 0.456 e. The first-order valence-electron chi connectivity index (χ1n) is 12.4. The summed E-state index contributed by atoms with van der Waals surface area (Å²) in [4.78, 5) is 35.5. The van der Waals surface area contributed by atoms with Crippen molar-refractivity contribution >= 4 is 28.8 Å². The molecule has 1 fully saturated rings. The fourth-order valence-electron chi connectivity index (χ4n) is 4.57. The second kappa shape index (κ2) is 10.7. The van der Waals surface area contributed by atoms with E-state index in [1.807, 2.05) is 30.9 Å². The molecule has 37 heavy (non-hydrogen) atoms. The number of amides is 3. The van der Waals surface area contributed by atoms with Gasteiger partial charge in [0.05, 0.1) is 11.1 Å². The molecule has 10 heteroatoms. The quantitative estimate of drug-likeness (QED) is 0.356. The number of nitrogens with one attached hydrogen (secondary N) is 3. The Hall–Kier alpha value is -4.47. The molecule has 3 N–H and O–H groups in total. The summed E-state index contributed by atoms with van der Waals surface area (Å²) in [6.07, 6.45) is 5.14. The van der Waals surface area contributed by atoms with E-state index in [2.05, 4.69) is 30.8 Å². The molecule has 0 saturated carbocycles. The number of nitrogens with zero attached hydrogens (tertiary/aromatic N) is 4. The van der Waals surface area contributed by atoms with Gasteiger partial charge < -0.3 is 20.3 Å². The molecule has 1 aliphatic heterocycles. The van der Waals surface area contributed by atoms with Gasteiger partial charge in [-0.1, -0.05) is 0 Å². The van der Waals surface area contributed by atoms with Crippen molar-refractivity contribution in [1.82, 2.24) is 30.4 Å². The maximum absolute atomic E-state index is 12.6. The first kappa shape index (κ1) is 24.2. The van der Waals surface area contributed by atoms with Crippen LogP contribution < -0.4 is 15.4 Å². The van der Waals surface area contributed by atoms with Gasteiger partial charge in [-0.3, -0.25) is 9.89 Å². The molecule has 1 aromatic carbocycles. The van der Waals surface area contributed by atoms with E-state index in [4.69, 9.17) is 4.74 Å². The lowest BCUT2D eigenvalue weighted by molar-refractivity contribution is 0.102. The van der Waals surface area contributed by atoms with Crippen molar-refractivity contribution in [1.29, 1.82) is 0 Å². The van der Waals surface area contributed by atoms with E-state index >= 15 is 0 Å². The van der Waals surface area contributed by atoms with Crippen LogP contribution in [0, 0.1) is 6.92 Å². The normalized spacial score (nSPS) is 15.4. The van der Waals surface area contributed by atoms with Crippen molar-refractivity contribution < 1.29 is 14.3 Å². The minimum Gasteiger partial charge on any atom is -0.456 e. The summed E-state index contributed by atoms with van der Waals surface area (Å²) in [7, 11) is 0. The van der Waals surface area contributed by atoms with Gasteiger partial charge in [0, 0.05) is 43.5 Å². The zero-order chi connectivity index (χ0) is 25.8. The molecule has 4 heterocycles. The van der Waals surface area contributed by atoms with Crippen molar-refractivity contribution in [2.45, 2.75) is 32.6 Å². The number of hydrogen-bond donors (Lipinski definition) is 3. The molecular weight excluding hydrogens is 470 g/mol. The molecule has 1 unspecified atom stereocenters. The molecule has 3 amide bonds. The Balaban J connectivity index is 1.34. The van der Waals surface area contributed by atoms with E-state index in [9.17, 15) is 9.59 Å². The Labute approximate surface area is 214 Å². The van der Waals surface area contributed by atoms with Gasteiger partial charge in [-0.25, -0.2) is 14.8 Å². The summed E-state index contributed by atoms with van der Waals surface area (Å²) < 4.78 is 6.23. The molecular formula is C27H29N7O3. The highest BCUT2D eigenvalue weighted by atomic mass is 16.5. The minimum absolute atomic E-state index is 0.0519. The fourth-order valence-corrected chi connectivity index (χ4v) is 4.57. The number of H-pyrrole nitrogens is 1. The molecule has 190 valence electrons. The maximum Gasteiger partial charge on any atom is 0.317 e. The number of pyridine rings is 2. The summed E-state index contributed by atoms with van der Waals surface area (Å²) in [6, 6.07) is 12.4. The van der Waals surface area contributed by atoms with Crippen LogP contribution in [0.1, 0.15) is 47.3 Å². The minimum atomic E-state index is -0.248. The number of rotatable bonds is 6. The van der Waals surface area contributed by atoms with Crippen LogP contribution in [0.5, 0.6) is 11.5 Å². The first-order chi connectivity index (χ1) is 18.0. The predicted octanol–water partition coefficient (Wildman–Crippen LogP) is 4.61. The number of piperidine rings is 1. The number of aromatic amines is 1. The van der Waals surface area contributed by atoms with E-state index in [0.717, 1.165) is 36.0 Å². The molecule has 1 saturated heterocycles. The Morgan fingerprint density at radius 2 is 1.95 bits per heavy atom. The van der Waals surface area contributed by atoms with Crippen molar-refractivity contribution in [3.63, 3.8) is 0 Å². The molecule has 0 spiro atoms. The van der Waals surface area contributed by atoms with Crippen molar-refractivity contribution in [3.8, 4) is 11.5 Å². The molecule has 1 atom stereocenters. The van der Waals surface area contributed by atoms with Crippen LogP contribution in [0.2, 0.25) is 0 Å². The van der Waals surface area contributed by atoms with E-state index in [1.54, 1.807) is 42.7 Å². The number of ether oxygens (including phenoxy) is 1.